The molecule has 16 heavy (non-hydrogen) atoms. The fourth-order valence-electron chi connectivity index (χ4n) is 2.41. The summed E-state index contributed by atoms with van der Waals surface area (Å²) in [6.07, 6.45) is 3.62. The first-order valence-electron chi connectivity index (χ1n) is 5.83. The lowest BCUT2D eigenvalue weighted by Gasteiger charge is -2.27. The Bertz CT molecular complexity index is 315. The molecule has 1 saturated heterocycles. The van der Waals surface area contributed by atoms with Gasteiger partial charge in [0, 0.05) is 6.54 Å². The summed E-state index contributed by atoms with van der Waals surface area (Å²) in [6, 6.07) is -0.262. The Labute approximate surface area is 95.9 Å². The predicted octanol–water partition coefficient (Wildman–Crippen LogP) is 1.97. The number of carbonyl (C=O) groups is 2. The van der Waals surface area contributed by atoms with Crippen LogP contribution in [0.15, 0.2) is 0 Å². The van der Waals surface area contributed by atoms with Crippen molar-refractivity contribution in [3.63, 3.8) is 0 Å². The Morgan fingerprint density at radius 1 is 1.38 bits per heavy atom. The second kappa shape index (κ2) is 3.47. The van der Waals surface area contributed by atoms with Gasteiger partial charge in [-0.1, -0.05) is 0 Å². The number of hydrogen-bond donors (Lipinski definition) is 0. The minimum atomic E-state index is -0.496. The highest BCUT2D eigenvalue weighted by Gasteiger charge is 2.57. The molecule has 1 heterocycles. The normalized spacial score (nSPS) is 26.9. The van der Waals surface area contributed by atoms with E-state index in [2.05, 4.69) is 0 Å². The van der Waals surface area contributed by atoms with Gasteiger partial charge in [0.25, 0.3) is 0 Å². The summed E-state index contributed by atoms with van der Waals surface area (Å²) in [4.78, 5) is 24.6. The SMILES string of the molecule is CC(C)(C)OC(=O)N1CCC2(CC2)[C@@H]1C=O. The van der Waals surface area contributed by atoms with E-state index in [9.17, 15) is 9.59 Å². The van der Waals surface area contributed by atoms with Gasteiger partial charge < -0.3 is 9.53 Å². The Morgan fingerprint density at radius 2 is 2.00 bits per heavy atom. The lowest BCUT2D eigenvalue weighted by Crippen LogP contribution is -2.42. The summed E-state index contributed by atoms with van der Waals surface area (Å²) >= 11 is 0. The van der Waals surface area contributed by atoms with Crippen LogP contribution in [0, 0.1) is 5.41 Å². The summed E-state index contributed by atoms with van der Waals surface area (Å²) in [5.41, 5.74) is -0.400. The van der Waals surface area contributed by atoms with E-state index in [0.29, 0.717) is 6.54 Å². The van der Waals surface area contributed by atoms with Gasteiger partial charge in [0.15, 0.2) is 0 Å². The maximum atomic E-state index is 11.9. The van der Waals surface area contributed by atoms with E-state index in [1.165, 1.54) is 0 Å². The summed E-state index contributed by atoms with van der Waals surface area (Å²) < 4.78 is 5.30. The first-order valence-corrected chi connectivity index (χ1v) is 5.83. The van der Waals surface area contributed by atoms with E-state index in [1.807, 2.05) is 20.8 Å². The minimum absolute atomic E-state index is 0.0959. The number of rotatable bonds is 1. The van der Waals surface area contributed by atoms with Crippen LogP contribution in [0.3, 0.4) is 0 Å². The van der Waals surface area contributed by atoms with Crippen LogP contribution in [-0.2, 0) is 9.53 Å². The molecule has 2 aliphatic rings. The number of hydrogen-bond acceptors (Lipinski definition) is 3. The monoisotopic (exact) mass is 225 g/mol. The van der Waals surface area contributed by atoms with Crippen molar-refractivity contribution in [2.75, 3.05) is 6.54 Å². The lowest BCUT2D eigenvalue weighted by atomic mass is 9.98. The van der Waals surface area contributed by atoms with Crippen molar-refractivity contribution in [3.05, 3.63) is 0 Å². The molecule has 0 aromatic heterocycles. The summed E-state index contributed by atoms with van der Waals surface area (Å²) in [6.45, 7) is 6.16. The third-order valence-electron chi connectivity index (χ3n) is 3.46. The molecule has 1 saturated carbocycles. The van der Waals surface area contributed by atoms with Crippen molar-refractivity contribution < 1.29 is 14.3 Å². The highest BCUT2D eigenvalue weighted by Crippen LogP contribution is 2.56. The number of likely N-dealkylation sites (tertiary alicyclic amines) is 1. The van der Waals surface area contributed by atoms with Gasteiger partial charge in [-0.25, -0.2) is 4.79 Å². The molecule has 1 spiro atoms. The summed E-state index contributed by atoms with van der Waals surface area (Å²) in [5.74, 6) is 0. The van der Waals surface area contributed by atoms with Gasteiger partial charge in [0.1, 0.15) is 11.9 Å². The molecule has 2 fully saturated rings. The van der Waals surface area contributed by atoms with E-state index in [4.69, 9.17) is 4.74 Å². The predicted molar refractivity (Wildman–Crippen MR) is 59.1 cm³/mol. The third kappa shape index (κ3) is 1.93. The molecule has 90 valence electrons. The topological polar surface area (TPSA) is 46.6 Å². The van der Waals surface area contributed by atoms with Gasteiger partial charge in [-0.2, -0.15) is 0 Å². The molecule has 2 rings (SSSR count). The summed E-state index contributed by atoms with van der Waals surface area (Å²) in [5, 5.41) is 0. The molecule has 1 amide bonds. The largest absolute Gasteiger partial charge is 0.444 e. The molecule has 0 aromatic rings. The van der Waals surface area contributed by atoms with Gasteiger partial charge in [0.2, 0.25) is 0 Å². The first-order chi connectivity index (χ1) is 7.38. The van der Waals surface area contributed by atoms with Crippen LogP contribution in [0.2, 0.25) is 0 Å². The molecule has 0 radical (unpaired) electrons. The number of carbonyl (C=O) groups excluding carboxylic acids is 2. The van der Waals surface area contributed by atoms with Crippen molar-refractivity contribution in [1.29, 1.82) is 0 Å². The van der Waals surface area contributed by atoms with E-state index in [-0.39, 0.29) is 17.6 Å². The zero-order chi connectivity index (χ0) is 12.0. The molecule has 0 aromatic carbocycles. The van der Waals surface area contributed by atoms with Gasteiger partial charge in [-0.05, 0) is 45.4 Å². The second-order valence-corrected chi connectivity index (χ2v) is 5.87. The standard InChI is InChI=1S/C12H19NO3/c1-11(2,3)16-10(15)13-7-6-12(4-5-12)9(13)8-14/h8-9H,4-7H2,1-3H3/t9-/m0/s1. The van der Waals surface area contributed by atoms with Crippen molar-refractivity contribution >= 4 is 12.4 Å². The molecule has 1 atom stereocenters. The van der Waals surface area contributed by atoms with Gasteiger partial charge in [0.05, 0.1) is 6.04 Å². The molecular weight excluding hydrogens is 206 g/mol. The Kier molecular flexibility index (Phi) is 2.48. The fraction of sp³-hybridized carbons (Fsp3) is 0.833. The molecule has 0 unspecified atom stereocenters. The highest BCUT2D eigenvalue weighted by molar-refractivity contribution is 5.75. The van der Waals surface area contributed by atoms with Crippen molar-refractivity contribution in [2.24, 2.45) is 5.41 Å². The number of nitrogens with zero attached hydrogens (tertiary/aromatic N) is 1. The van der Waals surface area contributed by atoms with Crippen LogP contribution >= 0.6 is 0 Å². The van der Waals surface area contributed by atoms with Gasteiger partial charge in [-0.15, -0.1) is 0 Å². The van der Waals surface area contributed by atoms with Crippen LogP contribution in [0.4, 0.5) is 4.79 Å². The van der Waals surface area contributed by atoms with Gasteiger partial charge in [-0.3, -0.25) is 4.90 Å². The molecule has 0 bridgehead atoms. The maximum Gasteiger partial charge on any atom is 0.410 e. The van der Waals surface area contributed by atoms with Crippen LogP contribution in [0.5, 0.6) is 0 Å². The van der Waals surface area contributed by atoms with E-state index in [0.717, 1.165) is 25.5 Å². The average Bonchev–Trinajstić information content (AvgIpc) is 2.77. The number of amides is 1. The molecule has 4 heteroatoms. The van der Waals surface area contributed by atoms with Crippen molar-refractivity contribution in [2.45, 2.75) is 51.7 Å². The van der Waals surface area contributed by atoms with Crippen molar-refractivity contribution in [3.8, 4) is 0 Å². The smallest absolute Gasteiger partial charge is 0.410 e. The van der Waals surface area contributed by atoms with Crippen LogP contribution < -0.4 is 0 Å². The molecular formula is C12H19NO3. The summed E-state index contributed by atoms with van der Waals surface area (Å²) in [7, 11) is 0. The van der Waals surface area contributed by atoms with Crippen molar-refractivity contribution in [1.82, 2.24) is 4.90 Å². The Balaban J connectivity index is 2.05. The average molecular weight is 225 g/mol. The zero-order valence-corrected chi connectivity index (χ0v) is 10.2. The fourth-order valence-corrected chi connectivity index (χ4v) is 2.41. The highest BCUT2D eigenvalue weighted by atomic mass is 16.6. The number of aldehydes is 1. The molecule has 1 aliphatic heterocycles. The minimum Gasteiger partial charge on any atom is -0.444 e. The second-order valence-electron chi connectivity index (χ2n) is 5.87. The van der Waals surface area contributed by atoms with E-state index >= 15 is 0 Å². The lowest BCUT2D eigenvalue weighted by molar-refractivity contribution is -0.113. The molecule has 0 N–H and O–H groups in total. The van der Waals surface area contributed by atoms with Crippen LogP contribution in [0.25, 0.3) is 0 Å². The van der Waals surface area contributed by atoms with E-state index < -0.39 is 5.60 Å². The third-order valence-corrected chi connectivity index (χ3v) is 3.46. The quantitative estimate of drug-likeness (QED) is 0.641. The number of ether oxygens (including phenoxy) is 1. The molecule has 1 aliphatic carbocycles. The Morgan fingerprint density at radius 3 is 2.44 bits per heavy atom. The van der Waals surface area contributed by atoms with Crippen LogP contribution in [0.1, 0.15) is 40.0 Å². The zero-order valence-electron chi connectivity index (χ0n) is 10.2. The van der Waals surface area contributed by atoms with Gasteiger partial charge >= 0.3 is 6.09 Å². The van der Waals surface area contributed by atoms with Crippen LogP contribution in [-0.4, -0.2) is 35.5 Å². The Hall–Kier alpha value is -1.06. The maximum absolute atomic E-state index is 11.9. The van der Waals surface area contributed by atoms with E-state index in [1.54, 1.807) is 4.90 Å². The first kappa shape index (κ1) is 11.4. The molecule has 4 nitrogen and oxygen atoms in total.